The molecule has 0 aromatic heterocycles. The molecular weight excluding hydrogens is 534 g/mol. The average Bonchev–Trinajstić information content (AvgIpc) is 2.96. The molecule has 0 bridgehead atoms. The van der Waals surface area contributed by atoms with E-state index in [0.717, 1.165) is 61.8 Å². The Labute approximate surface area is 251 Å². The monoisotopic (exact) mass is 583 g/mol. The van der Waals surface area contributed by atoms with Crippen molar-refractivity contribution < 1.29 is 28.9 Å². The molecule has 4 rings (SSSR count). The number of hydrogen-bond acceptors (Lipinski definition) is 8. The highest BCUT2D eigenvalue weighted by Gasteiger charge is 2.29. The molecule has 3 aliphatic heterocycles. The highest BCUT2D eigenvalue weighted by Crippen LogP contribution is 2.27. The number of nitrogens with zero attached hydrogens (tertiary/aromatic N) is 3. The number of carbonyl (C=O) groups excluding carboxylic acids is 2. The topological polar surface area (TPSA) is 91.8 Å². The third-order valence-corrected chi connectivity index (χ3v) is 8.56. The number of ether oxygens (including phenoxy) is 3. The molecule has 1 aromatic rings. The summed E-state index contributed by atoms with van der Waals surface area (Å²) in [5, 5.41) is 10.6. The van der Waals surface area contributed by atoms with Crippen molar-refractivity contribution in [2.75, 3.05) is 64.4 Å². The predicted octanol–water partition coefficient (Wildman–Crippen LogP) is 4.27. The first kappa shape index (κ1) is 32.0. The van der Waals surface area contributed by atoms with Crippen LogP contribution in [0.2, 0.25) is 0 Å². The Kier molecular flexibility index (Phi) is 11.5. The Balaban J connectivity index is 1.56. The molecule has 5 atom stereocenters. The summed E-state index contributed by atoms with van der Waals surface area (Å²) in [6, 6.07) is 6.48. The molecule has 9 heteroatoms. The van der Waals surface area contributed by atoms with E-state index in [2.05, 4.69) is 48.0 Å². The summed E-state index contributed by atoms with van der Waals surface area (Å²) in [7, 11) is 2.05. The van der Waals surface area contributed by atoms with Gasteiger partial charge in [-0.05, 0) is 74.6 Å². The SMILES string of the molecule is C/C(=C\c1cc(C)cc(N2CCOCC2)c1)[C@H]1OC(=O)C[C@H](O)CC[C@H](C)[C@@H](OC(=O)N2CCN(C)CC2)/C=C/[C@@H]1C. The van der Waals surface area contributed by atoms with Crippen LogP contribution < -0.4 is 4.90 Å². The number of aryl methyl sites for hydroxylation is 1. The molecule has 0 saturated carbocycles. The Morgan fingerprint density at radius 2 is 1.74 bits per heavy atom. The lowest BCUT2D eigenvalue weighted by molar-refractivity contribution is -0.151. The second kappa shape index (κ2) is 15.0. The largest absolute Gasteiger partial charge is 0.457 e. The Hall–Kier alpha value is -2.88. The quantitative estimate of drug-likeness (QED) is 0.415. The number of benzene rings is 1. The van der Waals surface area contributed by atoms with Crippen molar-refractivity contribution in [1.29, 1.82) is 0 Å². The van der Waals surface area contributed by atoms with E-state index in [9.17, 15) is 14.7 Å². The van der Waals surface area contributed by atoms with Crippen LogP contribution in [0.5, 0.6) is 0 Å². The lowest BCUT2D eigenvalue weighted by Gasteiger charge is -2.33. The standard InChI is InChI=1S/C33H49N3O6/c1-23-18-27(21-28(19-23)35-14-16-40-17-15-35)20-26(4)32-25(3)7-9-30(24(2)6-8-29(37)22-31(38)42-32)41-33(39)36-12-10-34(5)11-13-36/h7,9,18-21,24-25,29-30,32,37H,6,8,10-17,22H2,1-5H3/b9-7+,26-20+/t24-,25-,29+,30-,32-/m0/s1. The highest BCUT2D eigenvalue weighted by atomic mass is 16.6. The van der Waals surface area contributed by atoms with Crippen LogP contribution in [0.3, 0.4) is 0 Å². The smallest absolute Gasteiger partial charge is 0.410 e. The Bertz CT molecular complexity index is 1120. The maximum atomic E-state index is 13.0. The van der Waals surface area contributed by atoms with Crippen LogP contribution in [0.1, 0.15) is 51.2 Å². The van der Waals surface area contributed by atoms with E-state index in [-0.39, 0.29) is 24.3 Å². The summed E-state index contributed by atoms with van der Waals surface area (Å²) in [5.74, 6) is -0.608. The fourth-order valence-electron chi connectivity index (χ4n) is 5.85. The number of carbonyl (C=O) groups is 2. The fourth-order valence-corrected chi connectivity index (χ4v) is 5.85. The number of amides is 1. The van der Waals surface area contributed by atoms with Crippen LogP contribution in [0, 0.1) is 18.8 Å². The van der Waals surface area contributed by atoms with Crippen molar-refractivity contribution in [3.63, 3.8) is 0 Å². The van der Waals surface area contributed by atoms with Crippen molar-refractivity contribution in [3.05, 3.63) is 47.1 Å². The van der Waals surface area contributed by atoms with Gasteiger partial charge in [-0.25, -0.2) is 4.79 Å². The van der Waals surface area contributed by atoms with Gasteiger partial charge in [-0.2, -0.15) is 0 Å². The molecule has 3 aliphatic rings. The van der Waals surface area contributed by atoms with Gasteiger partial charge in [-0.3, -0.25) is 4.79 Å². The highest BCUT2D eigenvalue weighted by molar-refractivity contribution is 5.71. The molecule has 232 valence electrons. The average molecular weight is 584 g/mol. The maximum absolute atomic E-state index is 13.0. The summed E-state index contributed by atoms with van der Waals surface area (Å²) in [6.45, 7) is 14.2. The third kappa shape index (κ3) is 9.06. The van der Waals surface area contributed by atoms with Gasteiger partial charge in [-0.1, -0.05) is 32.1 Å². The molecular formula is C33H49N3O6. The van der Waals surface area contributed by atoms with Gasteiger partial charge in [0.1, 0.15) is 12.2 Å². The number of esters is 1. The predicted molar refractivity (Wildman–Crippen MR) is 164 cm³/mol. The second-order valence-electron chi connectivity index (χ2n) is 12.3. The van der Waals surface area contributed by atoms with Crippen LogP contribution in [-0.4, -0.2) is 105 Å². The first-order chi connectivity index (χ1) is 20.1. The van der Waals surface area contributed by atoms with Gasteiger partial charge < -0.3 is 34.0 Å². The van der Waals surface area contributed by atoms with Gasteiger partial charge in [0, 0.05) is 50.9 Å². The number of aliphatic hydroxyl groups is 1. The molecule has 0 radical (unpaired) electrons. The second-order valence-corrected chi connectivity index (χ2v) is 12.3. The summed E-state index contributed by atoms with van der Waals surface area (Å²) >= 11 is 0. The Morgan fingerprint density at radius 1 is 1.02 bits per heavy atom. The molecule has 9 nitrogen and oxygen atoms in total. The van der Waals surface area contributed by atoms with Crippen molar-refractivity contribution in [2.24, 2.45) is 11.8 Å². The van der Waals surface area contributed by atoms with Crippen LogP contribution in [0.25, 0.3) is 6.08 Å². The minimum Gasteiger partial charge on any atom is -0.457 e. The van der Waals surface area contributed by atoms with Crippen molar-refractivity contribution >= 4 is 23.8 Å². The zero-order chi connectivity index (χ0) is 30.2. The summed E-state index contributed by atoms with van der Waals surface area (Å²) < 4.78 is 17.6. The van der Waals surface area contributed by atoms with Crippen molar-refractivity contribution in [3.8, 4) is 0 Å². The zero-order valence-electron chi connectivity index (χ0n) is 26.0. The van der Waals surface area contributed by atoms with Crippen molar-refractivity contribution in [2.45, 2.75) is 65.3 Å². The number of morpholine rings is 1. The first-order valence-electron chi connectivity index (χ1n) is 15.4. The van der Waals surface area contributed by atoms with Crippen molar-refractivity contribution in [1.82, 2.24) is 9.80 Å². The van der Waals surface area contributed by atoms with E-state index in [4.69, 9.17) is 14.2 Å². The Morgan fingerprint density at radius 3 is 2.45 bits per heavy atom. The van der Waals surface area contributed by atoms with Crippen LogP contribution in [0.4, 0.5) is 10.5 Å². The van der Waals surface area contributed by atoms with Crippen LogP contribution in [-0.2, 0) is 19.0 Å². The van der Waals surface area contributed by atoms with E-state index < -0.39 is 24.3 Å². The molecule has 0 spiro atoms. The lowest BCUT2D eigenvalue weighted by Crippen LogP contribution is -2.48. The minimum atomic E-state index is -0.814. The molecule has 2 saturated heterocycles. The summed E-state index contributed by atoms with van der Waals surface area (Å²) in [4.78, 5) is 32.2. The first-order valence-corrected chi connectivity index (χ1v) is 15.4. The maximum Gasteiger partial charge on any atom is 0.410 e. The molecule has 3 heterocycles. The minimum absolute atomic E-state index is 0.0176. The van der Waals surface area contributed by atoms with Gasteiger partial charge in [0.05, 0.1) is 25.7 Å². The molecule has 1 N–H and O–H groups in total. The van der Waals surface area contributed by atoms with Gasteiger partial charge in [-0.15, -0.1) is 0 Å². The summed E-state index contributed by atoms with van der Waals surface area (Å²) in [5.41, 5.74) is 4.26. The van der Waals surface area contributed by atoms with E-state index in [1.807, 2.05) is 32.9 Å². The molecule has 1 aromatic carbocycles. The molecule has 1 amide bonds. The number of likely N-dealkylation sites (N-methyl/N-ethyl adjacent to an activating group) is 1. The van der Waals surface area contributed by atoms with Gasteiger partial charge in [0.2, 0.25) is 0 Å². The lowest BCUT2D eigenvalue weighted by atomic mass is 9.91. The van der Waals surface area contributed by atoms with Gasteiger partial charge in [0.15, 0.2) is 0 Å². The third-order valence-electron chi connectivity index (χ3n) is 8.56. The molecule has 2 fully saturated rings. The van der Waals surface area contributed by atoms with E-state index in [1.165, 1.54) is 0 Å². The fraction of sp³-hybridized carbons (Fsp3) is 0.636. The van der Waals surface area contributed by atoms with Crippen LogP contribution >= 0.6 is 0 Å². The number of cyclic esters (lactones) is 1. The van der Waals surface area contributed by atoms with Crippen LogP contribution in [0.15, 0.2) is 35.9 Å². The van der Waals surface area contributed by atoms with E-state index in [1.54, 1.807) is 4.90 Å². The van der Waals surface area contributed by atoms with E-state index >= 15 is 0 Å². The molecule has 0 unspecified atom stereocenters. The molecule has 42 heavy (non-hydrogen) atoms. The number of anilines is 1. The number of hydrogen-bond donors (Lipinski definition) is 1. The number of rotatable bonds is 4. The summed E-state index contributed by atoms with van der Waals surface area (Å²) in [6.07, 6.45) is 4.90. The molecule has 0 aliphatic carbocycles. The number of piperazine rings is 1. The van der Waals surface area contributed by atoms with E-state index in [0.29, 0.717) is 25.9 Å². The number of aliphatic hydroxyl groups excluding tert-OH is 1. The zero-order valence-corrected chi connectivity index (χ0v) is 26.0. The van der Waals surface area contributed by atoms with Gasteiger partial charge in [0.25, 0.3) is 0 Å². The normalized spacial score (nSPS) is 29.7. The van der Waals surface area contributed by atoms with Gasteiger partial charge >= 0.3 is 12.1 Å².